The molecule has 30 heavy (non-hydrogen) atoms. The van der Waals surface area contributed by atoms with E-state index in [1.807, 2.05) is 0 Å². The van der Waals surface area contributed by atoms with Crippen molar-refractivity contribution in [2.45, 2.75) is 6.04 Å². The van der Waals surface area contributed by atoms with E-state index in [1.165, 1.54) is 25.6 Å². The summed E-state index contributed by atoms with van der Waals surface area (Å²) in [6, 6.07) is 10.5. The summed E-state index contributed by atoms with van der Waals surface area (Å²) in [6.45, 7) is 4.02. The Morgan fingerprint density at radius 1 is 1.20 bits per heavy atom. The summed E-state index contributed by atoms with van der Waals surface area (Å²) in [5.74, 6) is 0.0829. The molecule has 1 aliphatic rings. The minimum absolute atomic E-state index is 0.327. The molecule has 2 aromatic carbocycles. The molecular formula is C21H20FN5O3. The topological polar surface area (TPSA) is 90.3 Å². The van der Waals surface area contributed by atoms with Gasteiger partial charge >= 0.3 is 0 Å². The number of nitrogens with one attached hydrogen (secondary N) is 2. The largest absolute Gasteiger partial charge is 0.497 e. The Kier molecular flexibility index (Phi) is 5.09. The first-order valence-electron chi connectivity index (χ1n) is 9.15. The van der Waals surface area contributed by atoms with Crippen LogP contribution in [0.25, 0.3) is 0 Å². The van der Waals surface area contributed by atoms with Crippen molar-refractivity contribution in [1.82, 2.24) is 14.8 Å². The number of nitrogens with zero attached hydrogens (tertiary/aromatic N) is 3. The van der Waals surface area contributed by atoms with Crippen LogP contribution in [-0.2, 0) is 4.79 Å². The Balaban J connectivity index is 1.71. The number of carbonyl (C=O) groups is 1. The highest BCUT2D eigenvalue weighted by Gasteiger charge is 2.39. The summed E-state index contributed by atoms with van der Waals surface area (Å²) >= 11 is 0. The average Bonchev–Trinajstić information content (AvgIpc) is 3.21. The third kappa shape index (κ3) is 3.45. The molecule has 4 rings (SSSR count). The summed E-state index contributed by atoms with van der Waals surface area (Å²) in [6.07, 6.45) is 1.39. The Hall–Kier alpha value is -3.88. The number of ether oxygens (including phenoxy) is 2. The lowest BCUT2D eigenvalue weighted by Gasteiger charge is -2.33. The summed E-state index contributed by atoms with van der Waals surface area (Å²) < 4.78 is 25.6. The van der Waals surface area contributed by atoms with Crippen molar-refractivity contribution >= 4 is 17.5 Å². The highest BCUT2D eigenvalue weighted by Crippen LogP contribution is 2.38. The van der Waals surface area contributed by atoms with E-state index >= 15 is 0 Å². The molecule has 0 saturated heterocycles. The third-order valence-electron chi connectivity index (χ3n) is 4.96. The van der Waals surface area contributed by atoms with E-state index in [9.17, 15) is 9.18 Å². The van der Waals surface area contributed by atoms with Gasteiger partial charge in [0.2, 0.25) is 11.9 Å². The molecule has 3 aromatic rings. The zero-order chi connectivity index (χ0) is 21.3. The van der Waals surface area contributed by atoms with Gasteiger partial charge in [0, 0.05) is 11.8 Å². The fraction of sp³-hybridized carbons (Fsp3) is 0.190. The smallest absolute Gasteiger partial charge is 0.236 e. The SMILES string of the molecule is C=C1Nc2ncnn2[C@@H](c2ccc(F)cc2)[C@@H]1C(=O)Nc1ccc(OC)cc1OC. The van der Waals surface area contributed by atoms with Gasteiger partial charge in [0.1, 0.15) is 29.6 Å². The molecule has 1 aromatic heterocycles. The summed E-state index contributed by atoms with van der Waals surface area (Å²) in [5, 5.41) is 10.2. The molecular weight excluding hydrogens is 389 g/mol. The van der Waals surface area contributed by atoms with Gasteiger partial charge in [-0.05, 0) is 29.8 Å². The predicted octanol–water partition coefficient (Wildman–Crippen LogP) is 3.22. The molecule has 2 N–H and O–H groups in total. The summed E-state index contributed by atoms with van der Waals surface area (Å²) in [7, 11) is 3.06. The summed E-state index contributed by atoms with van der Waals surface area (Å²) in [4.78, 5) is 17.5. The summed E-state index contributed by atoms with van der Waals surface area (Å²) in [5.41, 5.74) is 1.64. The fourth-order valence-electron chi connectivity index (χ4n) is 3.50. The molecule has 0 radical (unpaired) electrons. The molecule has 1 aliphatic heterocycles. The van der Waals surface area contributed by atoms with Gasteiger partial charge in [-0.1, -0.05) is 18.7 Å². The van der Waals surface area contributed by atoms with E-state index in [0.29, 0.717) is 34.4 Å². The van der Waals surface area contributed by atoms with Crippen LogP contribution in [0.5, 0.6) is 11.5 Å². The van der Waals surface area contributed by atoms with Crippen LogP contribution < -0.4 is 20.1 Å². The van der Waals surface area contributed by atoms with Crippen molar-refractivity contribution in [1.29, 1.82) is 0 Å². The Labute approximate surface area is 172 Å². The number of carbonyl (C=O) groups excluding carboxylic acids is 1. The van der Waals surface area contributed by atoms with Crippen LogP contribution in [0.1, 0.15) is 11.6 Å². The van der Waals surface area contributed by atoms with Crippen molar-refractivity contribution in [3.05, 3.63) is 72.4 Å². The average molecular weight is 409 g/mol. The molecule has 2 atom stereocenters. The first-order chi connectivity index (χ1) is 14.5. The lowest BCUT2D eigenvalue weighted by atomic mass is 9.88. The molecule has 0 unspecified atom stereocenters. The number of benzene rings is 2. The van der Waals surface area contributed by atoms with E-state index < -0.39 is 12.0 Å². The number of hydrogen-bond acceptors (Lipinski definition) is 6. The zero-order valence-corrected chi connectivity index (χ0v) is 16.4. The van der Waals surface area contributed by atoms with Gasteiger partial charge in [-0.3, -0.25) is 4.79 Å². The second-order valence-corrected chi connectivity index (χ2v) is 6.71. The third-order valence-corrected chi connectivity index (χ3v) is 4.96. The van der Waals surface area contributed by atoms with Crippen molar-refractivity contribution in [3.8, 4) is 11.5 Å². The molecule has 0 aliphatic carbocycles. The van der Waals surface area contributed by atoms with Gasteiger partial charge in [-0.25, -0.2) is 9.07 Å². The first-order valence-corrected chi connectivity index (χ1v) is 9.15. The molecule has 2 heterocycles. The van der Waals surface area contributed by atoms with Crippen molar-refractivity contribution < 1.29 is 18.7 Å². The van der Waals surface area contributed by atoms with E-state index in [-0.39, 0.29) is 11.7 Å². The van der Waals surface area contributed by atoms with E-state index in [4.69, 9.17) is 9.47 Å². The van der Waals surface area contributed by atoms with Crippen LogP contribution in [0.4, 0.5) is 16.0 Å². The van der Waals surface area contributed by atoms with Gasteiger partial charge in [-0.2, -0.15) is 10.1 Å². The fourth-order valence-corrected chi connectivity index (χ4v) is 3.50. The lowest BCUT2D eigenvalue weighted by molar-refractivity contribution is -0.119. The van der Waals surface area contributed by atoms with Crippen LogP contribution in [0.15, 0.2) is 61.1 Å². The Morgan fingerprint density at radius 2 is 1.97 bits per heavy atom. The molecule has 9 heteroatoms. The van der Waals surface area contributed by atoms with Crippen molar-refractivity contribution in [2.75, 3.05) is 24.9 Å². The predicted molar refractivity (Wildman–Crippen MR) is 109 cm³/mol. The van der Waals surface area contributed by atoms with Crippen LogP contribution in [0.3, 0.4) is 0 Å². The Morgan fingerprint density at radius 3 is 2.67 bits per heavy atom. The molecule has 0 spiro atoms. The van der Waals surface area contributed by atoms with Crippen LogP contribution in [-0.4, -0.2) is 34.9 Å². The number of hydrogen-bond donors (Lipinski definition) is 2. The highest BCUT2D eigenvalue weighted by atomic mass is 19.1. The quantitative estimate of drug-likeness (QED) is 0.673. The first kappa shape index (κ1) is 19.4. The standard InChI is InChI=1S/C21H20FN5O3/c1-12-18(20(28)26-16-9-8-15(29-2)10-17(16)30-3)19(13-4-6-14(22)7-5-13)27-21(25-12)23-11-24-27/h4-11,18-19H,1H2,2-3H3,(H,26,28)(H,23,24,25)/t18-,19+/m1/s1. The number of fused-ring (bicyclic) bond motifs is 1. The lowest BCUT2D eigenvalue weighted by Crippen LogP contribution is -2.39. The van der Waals surface area contributed by atoms with Crippen molar-refractivity contribution in [2.24, 2.45) is 5.92 Å². The number of amides is 1. The molecule has 0 bridgehead atoms. The molecule has 8 nitrogen and oxygen atoms in total. The second-order valence-electron chi connectivity index (χ2n) is 6.71. The number of methoxy groups -OCH3 is 2. The van der Waals surface area contributed by atoms with Gasteiger partial charge in [0.05, 0.1) is 25.9 Å². The normalized spacial score (nSPS) is 17.6. The van der Waals surface area contributed by atoms with Crippen LogP contribution in [0, 0.1) is 11.7 Å². The van der Waals surface area contributed by atoms with Gasteiger partial charge in [-0.15, -0.1) is 0 Å². The minimum atomic E-state index is -0.739. The molecule has 0 fully saturated rings. The highest BCUT2D eigenvalue weighted by molar-refractivity contribution is 5.97. The number of halogens is 1. The molecule has 154 valence electrons. The van der Waals surface area contributed by atoms with Gasteiger partial charge in [0.25, 0.3) is 0 Å². The number of anilines is 2. The molecule has 1 amide bonds. The van der Waals surface area contributed by atoms with Gasteiger partial charge < -0.3 is 20.1 Å². The van der Waals surface area contributed by atoms with Gasteiger partial charge in [0.15, 0.2) is 0 Å². The molecule has 0 saturated carbocycles. The monoisotopic (exact) mass is 409 g/mol. The Bertz CT molecular complexity index is 1100. The maximum Gasteiger partial charge on any atom is 0.236 e. The number of aromatic nitrogens is 3. The van der Waals surface area contributed by atoms with E-state index in [2.05, 4.69) is 27.3 Å². The van der Waals surface area contributed by atoms with Crippen molar-refractivity contribution in [3.63, 3.8) is 0 Å². The minimum Gasteiger partial charge on any atom is -0.497 e. The zero-order valence-electron chi connectivity index (χ0n) is 16.4. The van der Waals surface area contributed by atoms with Crippen LogP contribution >= 0.6 is 0 Å². The maximum atomic E-state index is 13.5. The van der Waals surface area contributed by atoms with Crippen LogP contribution in [0.2, 0.25) is 0 Å². The second kappa shape index (κ2) is 7.86. The maximum absolute atomic E-state index is 13.5. The van der Waals surface area contributed by atoms with E-state index in [1.54, 1.807) is 42.1 Å². The number of rotatable bonds is 5. The van der Waals surface area contributed by atoms with E-state index in [0.717, 1.165) is 0 Å².